The minimum Gasteiger partial charge on any atom is -0.399 e. The van der Waals surface area contributed by atoms with Gasteiger partial charge in [-0.2, -0.15) is 5.10 Å². The van der Waals surface area contributed by atoms with Gasteiger partial charge in [-0.25, -0.2) is 4.98 Å². The molecule has 20 heavy (non-hydrogen) atoms. The van der Waals surface area contributed by atoms with Gasteiger partial charge in [-0.05, 0) is 25.1 Å². The number of nitrogen functional groups attached to an aromatic ring is 1. The van der Waals surface area contributed by atoms with E-state index in [0.29, 0.717) is 17.1 Å². The summed E-state index contributed by atoms with van der Waals surface area (Å²) < 4.78 is 0. The van der Waals surface area contributed by atoms with Crippen LogP contribution in [0.15, 0.2) is 30.7 Å². The minimum absolute atomic E-state index is 0.189. The molecule has 1 aromatic carbocycles. The second-order valence-electron chi connectivity index (χ2n) is 4.57. The molecule has 7 nitrogen and oxygen atoms in total. The maximum absolute atomic E-state index is 12.3. The number of hydrogen-bond donors (Lipinski definition) is 4. The van der Waals surface area contributed by atoms with Gasteiger partial charge < -0.3 is 16.0 Å². The van der Waals surface area contributed by atoms with Crippen LogP contribution < -0.4 is 11.1 Å². The summed E-state index contributed by atoms with van der Waals surface area (Å²) in [5.41, 5.74) is 7.81. The first kappa shape index (κ1) is 12.2. The van der Waals surface area contributed by atoms with Crippen molar-refractivity contribution in [3.63, 3.8) is 0 Å². The van der Waals surface area contributed by atoms with Gasteiger partial charge in [0.25, 0.3) is 5.91 Å². The molecule has 0 fully saturated rings. The van der Waals surface area contributed by atoms with Crippen LogP contribution in [-0.2, 0) is 0 Å². The van der Waals surface area contributed by atoms with Crippen LogP contribution in [0, 0.1) is 0 Å². The first-order valence-electron chi connectivity index (χ1n) is 6.18. The molecule has 5 N–H and O–H groups in total. The van der Waals surface area contributed by atoms with Gasteiger partial charge in [0.15, 0.2) is 0 Å². The van der Waals surface area contributed by atoms with Crippen molar-refractivity contribution in [3.8, 4) is 0 Å². The number of nitrogens with one attached hydrogen (secondary N) is 3. The van der Waals surface area contributed by atoms with Crippen molar-refractivity contribution in [2.75, 3.05) is 5.73 Å². The number of carbonyl (C=O) groups excluding carboxylic acids is 1. The van der Waals surface area contributed by atoms with Gasteiger partial charge in [0.2, 0.25) is 0 Å². The molecule has 7 heteroatoms. The van der Waals surface area contributed by atoms with Crippen molar-refractivity contribution in [2.24, 2.45) is 0 Å². The molecule has 1 atom stereocenters. The van der Waals surface area contributed by atoms with Crippen molar-refractivity contribution in [2.45, 2.75) is 13.0 Å². The Morgan fingerprint density at radius 3 is 3.05 bits per heavy atom. The van der Waals surface area contributed by atoms with Gasteiger partial charge in [-0.1, -0.05) is 0 Å². The monoisotopic (exact) mass is 270 g/mol. The smallest absolute Gasteiger partial charge is 0.254 e. The number of rotatable bonds is 3. The average molecular weight is 270 g/mol. The van der Waals surface area contributed by atoms with Gasteiger partial charge >= 0.3 is 0 Å². The molecule has 0 bridgehead atoms. The lowest BCUT2D eigenvalue weighted by Crippen LogP contribution is -2.27. The Morgan fingerprint density at radius 1 is 1.45 bits per heavy atom. The third-order valence-corrected chi connectivity index (χ3v) is 3.14. The SMILES string of the molecule is CC(NC(=O)c1c[nH]c2ccc(N)cc12)c1ncn[nH]1. The normalized spacial score (nSPS) is 12.4. The number of benzene rings is 1. The van der Waals surface area contributed by atoms with E-state index in [1.807, 2.05) is 13.0 Å². The second-order valence-corrected chi connectivity index (χ2v) is 4.57. The van der Waals surface area contributed by atoms with Gasteiger partial charge in [0, 0.05) is 22.8 Å². The molecule has 0 spiro atoms. The second kappa shape index (κ2) is 4.69. The molecule has 0 aliphatic heterocycles. The lowest BCUT2D eigenvalue weighted by Gasteiger charge is -2.10. The van der Waals surface area contributed by atoms with Crippen molar-refractivity contribution in [1.82, 2.24) is 25.5 Å². The summed E-state index contributed by atoms with van der Waals surface area (Å²) in [6.45, 7) is 1.83. The maximum Gasteiger partial charge on any atom is 0.254 e. The average Bonchev–Trinajstić information content (AvgIpc) is 3.07. The van der Waals surface area contributed by atoms with Crippen molar-refractivity contribution in [3.05, 3.63) is 42.1 Å². The molecule has 3 rings (SSSR count). The van der Waals surface area contributed by atoms with Crippen LogP contribution in [0.25, 0.3) is 10.9 Å². The fraction of sp³-hybridized carbons (Fsp3) is 0.154. The Bertz CT molecular complexity index is 745. The van der Waals surface area contributed by atoms with E-state index in [1.54, 1.807) is 18.3 Å². The topological polar surface area (TPSA) is 112 Å². The van der Waals surface area contributed by atoms with Crippen molar-refractivity contribution in [1.29, 1.82) is 0 Å². The molecule has 0 aliphatic carbocycles. The maximum atomic E-state index is 12.3. The number of nitrogens with two attached hydrogens (primary N) is 1. The molecule has 0 saturated carbocycles. The number of hydrogen-bond acceptors (Lipinski definition) is 4. The lowest BCUT2D eigenvalue weighted by atomic mass is 10.1. The highest BCUT2D eigenvalue weighted by Gasteiger charge is 2.16. The highest BCUT2D eigenvalue weighted by molar-refractivity contribution is 6.07. The molecule has 2 heterocycles. The lowest BCUT2D eigenvalue weighted by molar-refractivity contribution is 0.0940. The summed E-state index contributed by atoms with van der Waals surface area (Å²) in [7, 11) is 0. The van der Waals surface area contributed by atoms with Crippen LogP contribution in [0.1, 0.15) is 29.1 Å². The van der Waals surface area contributed by atoms with E-state index in [9.17, 15) is 4.79 Å². The zero-order chi connectivity index (χ0) is 14.1. The molecule has 0 radical (unpaired) electrons. The number of aromatic nitrogens is 4. The van der Waals surface area contributed by atoms with Gasteiger partial charge in [0.1, 0.15) is 12.2 Å². The highest BCUT2D eigenvalue weighted by Crippen LogP contribution is 2.21. The summed E-state index contributed by atoms with van der Waals surface area (Å²) in [4.78, 5) is 19.4. The van der Waals surface area contributed by atoms with Crippen LogP contribution in [0.4, 0.5) is 5.69 Å². The minimum atomic E-state index is -0.254. The zero-order valence-corrected chi connectivity index (χ0v) is 10.8. The fourth-order valence-corrected chi connectivity index (χ4v) is 2.09. The molecule has 3 aromatic rings. The Labute approximate surface area is 114 Å². The first-order chi connectivity index (χ1) is 9.65. The van der Waals surface area contributed by atoms with Gasteiger partial charge in [-0.15, -0.1) is 0 Å². The van der Waals surface area contributed by atoms with E-state index in [2.05, 4.69) is 25.5 Å². The summed E-state index contributed by atoms with van der Waals surface area (Å²) in [5, 5.41) is 10.2. The van der Waals surface area contributed by atoms with E-state index in [-0.39, 0.29) is 11.9 Å². The number of fused-ring (bicyclic) bond motifs is 1. The van der Waals surface area contributed by atoms with Crippen LogP contribution in [0.2, 0.25) is 0 Å². The quantitative estimate of drug-likeness (QED) is 0.538. The first-order valence-corrected chi connectivity index (χ1v) is 6.18. The molecule has 0 aliphatic rings. The number of aromatic amines is 2. The zero-order valence-electron chi connectivity index (χ0n) is 10.8. The number of nitrogens with zero attached hydrogens (tertiary/aromatic N) is 2. The van der Waals surface area contributed by atoms with Crippen LogP contribution >= 0.6 is 0 Å². The number of carbonyl (C=O) groups is 1. The molecule has 102 valence electrons. The van der Waals surface area contributed by atoms with Crippen LogP contribution in [-0.4, -0.2) is 26.1 Å². The van der Waals surface area contributed by atoms with E-state index < -0.39 is 0 Å². The molecular weight excluding hydrogens is 256 g/mol. The molecule has 1 amide bonds. The molecule has 2 aromatic heterocycles. The van der Waals surface area contributed by atoms with Crippen LogP contribution in [0.3, 0.4) is 0 Å². The standard InChI is InChI=1S/C13H14N6O/c1-7(12-16-6-17-19-12)18-13(20)10-5-15-11-3-2-8(14)4-9(10)11/h2-7,15H,14H2,1H3,(H,18,20)(H,16,17,19). The van der Waals surface area contributed by atoms with E-state index in [4.69, 9.17) is 5.73 Å². The Hall–Kier alpha value is -2.83. The third-order valence-electron chi connectivity index (χ3n) is 3.14. The summed E-state index contributed by atoms with van der Waals surface area (Å²) >= 11 is 0. The van der Waals surface area contributed by atoms with E-state index in [1.165, 1.54) is 6.33 Å². The largest absolute Gasteiger partial charge is 0.399 e. The Balaban J connectivity index is 1.87. The highest BCUT2D eigenvalue weighted by atomic mass is 16.1. The predicted octanol–water partition coefficient (Wildman–Crippen LogP) is 1.36. The number of amides is 1. The Morgan fingerprint density at radius 2 is 2.30 bits per heavy atom. The predicted molar refractivity (Wildman–Crippen MR) is 75.0 cm³/mol. The van der Waals surface area contributed by atoms with Crippen molar-refractivity contribution >= 4 is 22.5 Å². The van der Waals surface area contributed by atoms with Gasteiger partial charge in [0.05, 0.1) is 11.6 Å². The summed E-state index contributed by atoms with van der Waals surface area (Å²) in [6, 6.07) is 5.16. The molecular formula is C13H14N6O. The Kier molecular flexibility index (Phi) is 2.86. The molecule has 0 saturated heterocycles. The van der Waals surface area contributed by atoms with Gasteiger partial charge in [-0.3, -0.25) is 9.89 Å². The van der Waals surface area contributed by atoms with Crippen LogP contribution in [0.5, 0.6) is 0 Å². The summed E-state index contributed by atoms with van der Waals surface area (Å²) in [6.07, 6.45) is 3.08. The van der Waals surface area contributed by atoms with Crippen molar-refractivity contribution < 1.29 is 4.79 Å². The summed E-state index contributed by atoms with van der Waals surface area (Å²) in [5.74, 6) is 0.420. The number of anilines is 1. The van der Waals surface area contributed by atoms with E-state index >= 15 is 0 Å². The molecule has 1 unspecified atom stereocenters. The third kappa shape index (κ3) is 2.09. The fourth-order valence-electron chi connectivity index (χ4n) is 2.09. The number of H-pyrrole nitrogens is 2. The van der Waals surface area contributed by atoms with E-state index in [0.717, 1.165) is 10.9 Å².